The lowest BCUT2D eigenvalue weighted by molar-refractivity contribution is -0.383. The van der Waals surface area contributed by atoms with Crippen LogP contribution < -0.4 is 9.29 Å². The highest BCUT2D eigenvalue weighted by atomic mass is 27.0. The summed E-state index contributed by atoms with van der Waals surface area (Å²) in [6.07, 6.45) is 1.72. The van der Waals surface area contributed by atoms with Gasteiger partial charge in [-0.2, -0.15) is 0 Å². The summed E-state index contributed by atoms with van der Waals surface area (Å²) >= 11 is 2.54. The van der Waals surface area contributed by atoms with E-state index < -0.39 is 0 Å². The molecule has 2 radical (unpaired) electrons. The van der Waals surface area contributed by atoms with Gasteiger partial charge in [-0.25, -0.2) is 0 Å². The van der Waals surface area contributed by atoms with E-state index in [0.717, 1.165) is 15.5 Å². The number of nitro benzene ring substituents is 1. The van der Waals surface area contributed by atoms with Crippen molar-refractivity contribution in [1.82, 2.24) is 4.98 Å². The molecule has 0 spiro atoms. The maximum atomic E-state index is 11.1. The largest absolute Gasteiger partial charge is 0.488 e. The van der Waals surface area contributed by atoms with E-state index in [2.05, 4.69) is 21.3 Å². The van der Waals surface area contributed by atoms with Gasteiger partial charge in [-0.05, 0) is 23.8 Å². The van der Waals surface area contributed by atoms with Crippen LogP contribution in [0.2, 0.25) is 0 Å². The Morgan fingerprint density at radius 2 is 1.91 bits per heavy atom. The van der Waals surface area contributed by atoms with Gasteiger partial charge in [0.05, 0.1) is 10.3 Å². The Balaban J connectivity index is 1.95. The molecule has 0 aliphatic rings. The second-order valence-corrected chi connectivity index (χ2v) is 5.35. The van der Waals surface area contributed by atoms with E-state index in [1.54, 1.807) is 24.4 Å². The van der Waals surface area contributed by atoms with E-state index in [4.69, 9.17) is 4.74 Å². The van der Waals surface area contributed by atoms with Crippen LogP contribution in [0.1, 0.15) is 5.56 Å². The number of hydrogen-bond donors (Lipinski definition) is 0. The molecule has 0 aliphatic carbocycles. The fourth-order valence-electron chi connectivity index (χ4n) is 2.29. The number of rotatable bonds is 4. The highest BCUT2D eigenvalue weighted by molar-refractivity contribution is 6.30. The van der Waals surface area contributed by atoms with Crippen molar-refractivity contribution in [2.24, 2.45) is 0 Å². The maximum absolute atomic E-state index is 11.1. The van der Waals surface area contributed by atoms with Crippen molar-refractivity contribution >= 4 is 37.3 Å². The van der Waals surface area contributed by atoms with Crippen LogP contribution in [0.25, 0.3) is 10.8 Å². The Labute approximate surface area is 135 Å². The number of nitrogens with zero attached hydrogens (tertiary/aromatic N) is 2. The van der Waals surface area contributed by atoms with E-state index in [9.17, 15) is 10.1 Å². The van der Waals surface area contributed by atoms with Crippen LogP contribution in [-0.2, 0) is 6.61 Å². The van der Waals surface area contributed by atoms with Gasteiger partial charge < -0.3 is 4.74 Å². The number of benzene rings is 2. The first-order valence-corrected chi connectivity index (χ1v) is 7.22. The Bertz CT molecular complexity index is 852. The number of pyridine rings is 1. The number of hydrogen-bond acceptors (Lipinski definition) is 4. The third-order valence-corrected chi connectivity index (χ3v) is 3.61. The van der Waals surface area contributed by atoms with Crippen LogP contribution in [-0.4, -0.2) is 26.2 Å². The lowest BCUT2D eigenvalue weighted by Crippen LogP contribution is -2.09. The van der Waals surface area contributed by atoms with Crippen molar-refractivity contribution in [3.05, 3.63) is 70.4 Å². The third-order valence-electron chi connectivity index (χ3n) is 3.30. The molecule has 0 aliphatic heterocycles. The fraction of sp³-hybridized carbons (Fsp3) is 0.0625. The Kier molecular flexibility index (Phi) is 4.05. The molecule has 0 unspecified atom stereocenters. The summed E-state index contributed by atoms with van der Waals surface area (Å²) in [5.74, 6) is 0.628. The van der Waals surface area contributed by atoms with Gasteiger partial charge in [0, 0.05) is 17.6 Å². The molecular formula is C16H11AlN2O3. The summed E-state index contributed by atoms with van der Waals surface area (Å²) in [5, 5.41) is 12.4. The molecule has 3 rings (SSSR count). The molecule has 22 heavy (non-hydrogen) atoms. The number of fused-ring (bicyclic) bond motifs is 1. The van der Waals surface area contributed by atoms with E-state index in [1.165, 1.54) is 6.07 Å². The molecule has 0 fully saturated rings. The standard InChI is InChI=1S/C16H11N2O3.Al/c19-18(20)15-5-6-16(14-4-2-1-3-13(14)15)21-11-12-7-9-17-10-8-12;/h1-9H,11H2;. The minimum atomic E-state index is -0.379. The van der Waals surface area contributed by atoms with Crippen molar-refractivity contribution in [1.29, 1.82) is 0 Å². The zero-order chi connectivity index (χ0) is 15.5. The number of nitro groups is 1. The van der Waals surface area contributed by atoms with Gasteiger partial charge in [-0.15, -0.1) is 0 Å². The normalized spacial score (nSPS) is 10.5. The summed E-state index contributed by atoms with van der Waals surface area (Å²) < 4.78 is 6.68. The Morgan fingerprint density at radius 1 is 1.14 bits per heavy atom. The van der Waals surface area contributed by atoms with Gasteiger partial charge in [0.25, 0.3) is 5.69 Å². The van der Waals surface area contributed by atoms with Crippen LogP contribution in [0.4, 0.5) is 5.69 Å². The second-order valence-electron chi connectivity index (χ2n) is 4.76. The molecule has 2 aromatic carbocycles. The minimum Gasteiger partial charge on any atom is -0.488 e. The van der Waals surface area contributed by atoms with Crippen LogP contribution in [0, 0.1) is 10.1 Å². The predicted molar refractivity (Wildman–Crippen MR) is 84.6 cm³/mol. The fourth-order valence-corrected chi connectivity index (χ4v) is 2.59. The van der Waals surface area contributed by atoms with Crippen molar-refractivity contribution in [2.45, 2.75) is 6.61 Å². The maximum Gasteiger partial charge on any atom is 0.277 e. The summed E-state index contributed by atoms with van der Waals surface area (Å²) in [5.41, 5.74) is 1.07. The van der Waals surface area contributed by atoms with E-state index in [0.29, 0.717) is 17.7 Å². The van der Waals surface area contributed by atoms with E-state index in [-0.39, 0.29) is 10.6 Å². The molecule has 0 bridgehead atoms. The Hall–Kier alpha value is -2.42. The van der Waals surface area contributed by atoms with Crippen molar-refractivity contribution in [2.75, 3.05) is 0 Å². The lowest BCUT2D eigenvalue weighted by Gasteiger charge is -2.10. The molecular weight excluding hydrogens is 295 g/mol. The molecule has 5 nitrogen and oxygen atoms in total. The quantitative estimate of drug-likeness (QED) is 0.422. The number of ether oxygens (including phenoxy) is 1. The average molecular weight is 306 g/mol. The summed E-state index contributed by atoms with van der Waals surface area (Å²) in [6, 6.07) is 14.1. The molecule has 3 aromatic rings. The van der Waals surface area contributed by atoms with Gasteiger partial charge in [0.15, 0.2) is 0 Å². The summed E-state index contributed by atoms with van der Waals surface area (Å²) in [7, 11) is 0. The predicted octanol–water partition coefficient (Wildman–Crippen LogP) is 2.52. The highest BCUT2D eigenvalue weighted by Gasteiger charge is 2.14. The molecule has 1 aromatic heterocycles. The smallest absolute Gasteiger partial charge is 0.277 e. The summed E-state index contributed by atoms with van der Waals surface area (Å²) in [6.45, 7) is 0.381. The molecule has 6 heteroatoms. The second kappa shape index (κ2) is 6.14. The van der Waals surface area contributed by atoms with Gasteiger partial charge in [0.1, 0.15) is 12.4 Å². The van der Waals surface area contributed by atoms with Crippen molar-refractivity contribution < 1.29 is 9.66 Å². The SMILES string of the molecule is O=[N+]([O-])c1ccc(OCc2ccn[c]([Al])c2)c2ccccc12. The van der Waals surface area contributed by atoms with Gasteiger partial charge in [-0.3, -0.25) is 15.1 Å². The van der Waals surface area contributed by atoms with Crippen molar-refractivity contribution in [3.8, 4) is 5.75 Å². The zero-order valence-corrected chi connectivity index (χ0v) is 12.8. The zero-order valence-electron chi connectivity index (χ0n) is 11.6. The van der Waals surface area contributed by atoms with E-state index in [1.807, 2.05) is 24.3 Å². The first-order valence-electron chi connectivity index (χ1n) is 6.64. The van der Waals surface area contributed by atoms with Gasteiger partial charge in [0.2, 0.25) is 16.3 Å². The van der Waals surface area contributed by atoms with Crippen LogP contribution in [0.15, 0.2) is 54.7 Å². The molecule has 0 saturated heterocycles. The number of aromatic nitrogens is 1. The molecule has 106 valence electrons. The lowest BCUT2D eigenvalue weighted by atomic mass is 10.1. The van der Waals surface area contributed by atoms with Crippen molar-refractivity contribution in [3.63, 3.8) is 0 Å². The molecule has 1 heterocycles. The number of non-ortho nitro benzene ring substituents is 1. The first-order chi connectivity index (χ1) is 10.6. The van der Waals surface area contributed by atoms with Crippen LogP contribution in [0.5, 0.6) is 5.75 Å². The van der Waals surface area contributed by atoms with E-state index >= 15 is 0 Å². The summed E-state index contributed by atoms with van der Waals surface area (Å²) in [4.78, 5) is 14.8. The molecule has 0 N–H and O–H groups in total. The molecule has 0 atom stereocenters. The topological polar surface area (TPSA) is 65.3 Å². The molecule has 0 saturated carbocycles. The highest BCUT2D eigenvalue weighted by Crippen LogP contribution is 2.33. The monoisotopic (exact) mass is 306 g/mol. The van der Waals surface area contributed by atoms with Crippen LogP contribution in [0.3, 0.4) is 0 Å². The van der Waals surface area contributed by atoms with Gasteiger partial charge >= 0.3 is 0 Å². The Morgan fingerprint density at radius 3 is 2.64 bits per heavy atom. The molecule has 0 amide bonds. The average Bonchev–Trinajstić information content (AvgIpc) is 2.52. The van der Waals surface area contributed by atoms with Crippen LogP contribution >= 0.6 is 0 Å². The first kappa shape index (κ1) is 14.5. The third kappa shape index (κ3) is 2.94. The van der Waals surface area contributed by atoms with Gasteiger partial charge in [-0.1, -0.05) is 28.8 Å². The minimum absolute atomic E-state index is 0.0825.